The van der Waals surface area contributed by atoms with Gasteiger partial charge in [-0.3, -0.25) is 4.79 Å². The Morgan fingerprint density at radius 3 is 2.66 bits per heavy atom. The first-order chi connectivity index (χ1) is 14.0. The van der Waals surface area contributed by atoms with Gasteiger partial charge >= 0.3 is 0 Å². The first-order valence-electron chi connectivity index (χ1n) is 9.91. The van der Waals surface area contributed by atoms with Crippen molar-refractivity contribution < 1.29 is 17.9 Å². The lowest BCUT2D eigenvalue weighted by Crippen LogP contribution is -2.40. The molecule has 1 atom stereocenters. The number of carbonyl (C=O) groups is 1. The van der Waals surface area contributed by atoms with E-state index in [1.807, 2.05) is 29.2 Å². The summed E-state index contributed by atoms with van der Waals surface area (Å²) in [6.07, 6.45) is 9.10. The molecule has 7 nitrogen and oxygen atoms in total. The van der Waals surface area contributed by atoms with Gasteiger partial charge in [-0.15, -0.1) is 4.40 Å². The summed E-state index contributed by atoms with van der Waals surface area (Å²) in [5.41, 5.74) is 1.66. The van der Waals surface area contributed by atoms with E-state index in [0.717, 1.165) is 37.0 Å². The zero-order valence-corrected chi connectivity index (χ0v) is 17.3. The van der Waals surface area contributed by atoms with Gasteiger partial charge in [0, 0.05) is 19.3 Å². The van der Waals surface area contributed by atoms with Gasteiger partial charge in [0.15, 0.2) is 0 Å². The Morgan fingerprint density at radius 1 is 1.10 bits per heavy atom. The van der Waals surface area contributed by atoms with Crippen LogP contribution in [0.25, 0.3) is 0 Å². The molecular formula is C21H25N3O4S. The molecule has 8 heteroatoms. The van der Waals surface area contributed by atoms with Gasteiger partial charge in [-0.25, -0.2) is 8.42 Å². The molecular weight excluding hydrogens is 390 g/mol. The molecule has 4 rings (SSSR count). The summed E-state index contributed by atoms with van der Waals surface area (Å²) in [5.74, 6) is 1.09. The van der Waals surface area contributed by atoms with Gasteiger partial charge in [0.1, 0.15) is 11.6 Å². The van der Waals surface area contributed by atoms with E-state index in [1.54, 1.807) is 30.4 Å². The fourth-order valence-electron chi connectivity index (χ4n) is 4.02. The lowest BCUT2D eigenvalue weighted by molar-refractivity contribution is -0.129. The normalized spacial score (nSPS) is 23.6. The molecule has 29 heavy (non-hydrogen) atoms. The van der Waals surface area contributed by atoms with Crippen LogP contribution in [0.15, 0.2) is 52.6 Å². The number of ether oxygens (including phenoxy) is 1. The third-order valence-corrected chi connectivity index (χ3v) is 6.75. The molecule has 1 amide bonds. The van der Waals surface area contributed by atoms with Crippen molar-refractivity contribution in [3.63, 3.8) is 0 Å². The Morgan fingerprint density at radius 2 is 1.90 bits per heavy atom. The first kappa shape index (κ1) is 19.7. The number of benzene rings is 1. The van der Waals surface area contributed by atoms with Crippen molar-refractivity contribution in [1.29, 1.82) is 0 Å². The second-order valence-electron chi connectivity index (χ2n) is 7.48. The minimum atomic E-state index is -3.41. The standard InChI is InChI=1S/C21H25N3O4S/c1-28-18-9-6-16(7-10-18)19-5-3-2-4-12-24(19)21(25)17-8-11-20-22-29(26,27)14-13-23(20)15-17/h6-11,15,19H,2-5,12-14H2,1H3/t19-/m1/s1. The first-order valence-corrected chi connectivity index (χ1v) is 11.5. The number of sulfonamides is 1. The maximum absolute atomic E-state index is 13.4. The highest BCUT2D eigenvalue weighted by Crippen LogP contribution is 2.33. The van der Waals surface area contributed by atoms with Gasteiger partial charge in [0.05, 0.1) is 24.5 Å². The number of carbonyl (C=O) groups excluding carboxylic acids is 1. The topological polar surface area (TPSA) is 79.3 Å². The van der Waals surface area contributed by atoms with Crippen LogP contribution < -0.4 is 4.74 Å². The summed E-state index contributed by atoms with van der Waals surface area (Å²) in [6.45, 7) is 1.01. The van der Waals surface area contributed by atoms with E-state index in [2.05, 4.69) is 4.40 Å². The van der Waals surface area contributed by atoms with Crippen molar-refractivity contribution in [2.24, 2.45) is 4.40 Å². The summed E-state index contributed by atoms with van der Waals surface area (Å²) < 4.78 is 32.4. The monoisotopic (exact) mass is 415 g/mol. The fraction of sp³-hybridized carbons (Fsp3) is 0.429. The molecule has 0 aliphatic carbocycles. The summed E-state index contributed by atoms with van der Waals surface area (Å²) >= 11 is 0. The predicted octanol–water partition coefficient (Wildman–Crippen LogP) is 2.64. The van der Waals surface area contributed by atoms with Gasteiger partial charge < -0.3 is 14.5 Å². The van der Waals surface area contributed by atoms with Crippen molar-refractivity contribution >= 4 is 21.8 Å². The van der Waals surface area contributed by atoms with Gasteiger partial charge in [-0.1, -0.05) is 25.0 Å². The quantitative estimate of drug-likeness (QED) is 0.758. The van der Waals surface area contributed by atoms with E-state index in [4.69, 9.17) is 4.74 Å². The number of methoxy groups -OCH3 is 1. The minimum Gasteiger partial charge on any atom is -0.497 e. The predicted molar refractivity (Wildman–Crippen MR) is 111 cm³/mol. The molecule has 1 saturated heterocycles. The van der Waals surface area contributed by atoms with Crippen molar-refractivity contribution in [3.05, 3.63) is 53.8 Å². The number of rotatable bonds is 3. The van der Waals surface area contributed by atoms with Crippen LogP contribution >= 0.6 is 0 Å². The van der Waals surface area contributed by atoms with Crippen molar-refractivity contribution in [2.75, 3.05) is 26.0 Å². The lowest BCUT2D eigenvalue weighted by atomic mass is 9.99. The van der Waals surface area contributed by atoms with Gasteiger partial charge in [0.2, 0.25) is 0 Å². The molecule has 1 aromatic carbocycles. The molecule has 3 aliphatic heterocycles. The van der Waals surface area contributed by atoms with E-state index in [9.17, 15) is 13.2 Å². The van der Waals surface area contributed by atoms with Crippen molar-refractivity contribution in [1.82, 2.24) is 9.80 Å². The molecule has 154 valence electrons. The Labute approximate surface area is 171 Å². The van der Waals surface area contributed by atoms with Gasteiger partial charge in [-0.05, 0) is 42.7 Å². The Hall–Kier alpha value is -2.61. The lowest BCUT2D eigenvalue weighted by Gasteiger charge is -2.33. The number of hydrogen-bond acceptors (Lipinski definition) is 5. The second kappa shape index (κ2) is 8.02. The molecule has 0 N–H and O–H groups in total. The maximum Gasteiger partial charge on any atom is 0.256 e. The molecule has 0 aromatic heterocycles. The Kier molecular flexibility index (Phi) is 5.45. The highest BCUT2D eigenvalue weighted by Gasteiger charge is 2.31. The van der Waals surface area contributed by atoms with Crippen LogP contribution in [0.2, 0.25) is 0 Å². The molecule has 0 unspecified atom stereocenters. The third kappa shape index (κ3) is 4.22. The van der Waals surface area contributed by atoms with Crippen molar-refractivity contribution in [2.45, 2.75) is 31.7 Å². The number of nitrogens with zero attached hydrogens (tertiary/aromatic N) is 3. The summed E-state index contributed by atoms with van der Waals surface area (Å²) in [7, 11) is -1.77. The fourth-order valence-corrected chi connectivity index (χ4v) is 4.99. The zero-order valence-electron chi connectivity index (χ0n) is 16.5. The second-order valence-corrected chi connectivity index (χ2v) is 9.24. The molecule has 0 bridgehead atoms. The zero-order chi connectivity index (χ0) is 20.4. The number of likely N-dealkylation sites (tertiary alicyclic amines) is 1. The van der Waals surface area contributed by atoms with E-state index in [-0.39, 0.29) is 17.7 Å². The van der Waals surface area contributed by atoms with E-state index in [0.29, 0.717) is 24.5 Å². The molecule has 3 aliphatic rings. The Bertz CT molecular complexity index is 980. The summed E-state index contributed by atoms with van der Waals surface area (Å²) in [4.78, 5) is 17.1. The number of amidine groups is 1. The van der Waals surface area contributed by atoms with Crippen molar-refractivity contribution in [3.8, 4) is 5.75 Å². The van der Waals surface area contributed by atoms with E-state index < -0.39 is 10.0 Å². The highest BCUT2D eigenvalue weighted by molar-refractivity contribution is 7.90. The SMILES string of the molecule is COc1ccc([C@H]2CCCCCN2C(=O)C2=CN3CCS(=O)(=O)N=C3C=C2)cc1. The van der Waals surface area contributed by atoms with Crippen LogP contribution in [0.5, 0.6) is 5.75 Å². The van der Waals surface area contributed by atoms with Crippen LogP contribution in [0.3, 0.4) is 0 Å². The largest absolute Gasteiger partial charge is 0.497 e. The van der Waals surface area contributed by atoms with Crippen LogP contribution in [-0.4, -0.2) is 55.9 Å². The Balaban J connectivity index is 1.60. The molecule has 1 fully saturated rings. The van der Waals surface area contributed by atoms with Gasteiger partial charge in [0.25, 0.3) is 15.9 Å². The van der Waals surface area contributed by atoms with Crippen LogP contribution in [0.1, 0.15) is 37.3 Å². The summed E-state index contributed by atoms with van der Waals surface area (Å²) in [6, 6.07) is 7.93. The van der Waals surface area contributed by atoms with Crippen LogP contribution in [-0.2, 0) is 14.8 Å². The van der Waals surface area contributed by atoms with Crippen LogP contribution in [0.4, 0.5) is 0 Å². The van der Waals surface area contributed by atoms with Gasteiger partial charge in [-0.2, -0.15) is 0 Å². The van der Waals surface area contributed by atoms with E-state index >= 15 is 0 Å². The molecule has 0 saturated carbocycles. The number of hydrogen-bond donors (Lipinski definition) is 0. The number of amides is 1. The molecule has 3 heterocycles. The molecule has 1 aromatic rings. The number of fused-ring (bicyclic) bond motifs is 1. The average molecular weight is 416 g/mol. The molecule has 0 spiro atoms. The minimum absolute atomic E-state index is 0.0157. The highest BCUT2D eigenvalue weighted by atomic mass is 32.2. The maximum atomic E-state index is 13.4. The van der Waals surface area contributed by atoms with Crippen LogP contribution in [0, 0.1) is 0 Å². The van der Waals surface area contributed by atoms with E-state index in [1.165, 1.54) is 0 Å². The molecule has 0 radical (unpaired) electrons. The average Bonchev–Trinajstić information content (AvgIpc) is 2.98. The smallest absolute Gasteiger partial charge is 0.256 e. The summed E-state index contributed by atoms with van der Waals surface area (Å²) in [5, 5.41) is 0. The third-order valence-electron chi connectivity index (χ3n) is 5.59.